The summed E-state index contributed by atoms with van der Waals surface area (Å²) in [6.45, 7) is 7.14. The highest BCUT2D eigenvalue weighted by molar-refractivity contribution is 5.95. The van der Waals surface area contributed by atoms with Crippen molar-refractivity contribution in [2.75, 3.05) is 5.32 Å². The number of carbonyl (C=O) groups is 2. The molecular weight excluding hydrogens is 278 g/mol. The van der Waals surface area contributed by atoms with Crippen LogP contribution in [0.3, 0.4) is 0 Å². The summed E-state index contributed by atoms with van der Waals surface area (Å²) in [6, 6.07) is 9.48. The zero-order valence-electron chi connectivity index (χ0n) is 13.6. The molecule has 0 radical (unpaired) electrons. The first kappa shape index (κ1) is 16.3. The van der Waals surface area contributed by atoms with E-state index in [1.807, 2.05) is 57.2 Å². The van der Waals surface area contributed by atoms with Crippen molar-refractivity contribution in [2.45, 2.75) is 46.3 Å². The van der Waals surface area contributed by atoms with Crippen molar-refractivity contribution in [1.29, 1.82) is 0 Å². The molecule has 118 valence electrons. The number of carbonyl (C=O) groups excluding carboxylic acids is 2. The lowest BCUT2D eigenvalue weighted by molar-refractivity contribution is -0.153. The third-order valence-electron chi connectivity index (χ3n) is 3.98. The van der Waals surface area contributed by atoms with Gasteiger partial charge in [0.15, 0.2) is 5.78 Å². The van der Waals surface area contributed by atoms with E-state index in [9.17, 15) is 9.59 Å². The van der Waals surface area contributed by atoms with Gasteiger partial charge in [-0.25, -0.2) is 0 Å². The van der Waals surface area contributed by atoms with E-state index in [0.29, 0.717) is 12.0 Å². The summed E-state index contributed by atoms with van der Waals surface area (Å²) >= 11 is 0. The van der Waals surface area contributed by atoms with Crippen molar-refractivity contribution in [3.8, 4) is 0 Å². The Morgan fingerprint density at radius 3 is 2.50 bits per heavy atom. The van der Waals surface area contributed by atoms with Crippen molar-refractivity contribution in [3.63, 3.8) is 0 Å². The number of Topliss-reactive ketones (excluding diaryl/α,β-unsaturated/α-hetero) is 1. The van der Waals surface area contributed by atoms with Gasteiger partial charge in [-0.3, -0.25) is 9.59 Å². The van der Waals surface area contributed by atoms with Gasteiger partial charge in [0.05, 0.1) is 6.04 Å². The van der Waals surface area contributed by atoms with Crippen LogP contribution in [0.5, 0.6) is 0 Å². The first-order chi connectivity index (χ1) is 10.3. The normalized spacial score (nSPS) is 24.2. The van der Waals surface area contributed by atoms with E-state index in [2.05, 4.69) is 5.32 Å². The van der Waals surface area contributed by atoms with Gasteiger partial charge in [-0.1, -0.05) is 38.1 Å². The molecule has 1 aliphatic rings. The molecule has 0 heterocycles. The first-order valence-corrected chi connectivity index (χ1v) is 7.50. The fourth-order valence-corrected chi connectivity index (χ4v) is 2.85. The minimum Gasteiger partial charge on any atom is -0.459 e. The number of nitrogens with one attached hydrogen (secondary N) is 1. The molecule has 0 amide bonds. The molecule has 1 aromatic rings. The van der Waals surface area contributed by atoms with Gasteiger partial charge in [-0.15, -0.1) is 0 Å². The Balaban J connectivity index is 2.37. The molecule has 2 unspecified atom stereocenters. The predicted molar refractivity (Wildman–Crippen MR) is 86.6 cm³/mol. The molecule has 0 spiro atoms. The molecule has 1 aromatic carbocycles. The van der Waals surface area contributed by atoms with Gasteiger partial charge in [0.2, 0.25) is 0 Å². The number of ether oxygens (including phenoxy) is 1. The van der Waals surface area contributed by atoms with E-state index in [4.69, 9.17) is 4.74 Å². The smallest absolute Gasteiger partial charge is 0.303 e. The van der Waals surface area contributed by atoms with E-state index in [1.54, 1.807) is 0 Å². The molecule has 2 rings (SSSR count). The van der Waals surface area contributed by atoms with E-state index in [0.717, 1.165) is 5.69 Å². The van der Waals surface area contributed by atoms with Crippen LogP contribution in [-0.4, -0.2) is 23.9 Å². The minimum atomic E-state index is -0.441. The second kappa shape index (κ2) is 6.34. The SMILES string of the molecule is CC(=O)OC1C(Nc2ccccc2)C=C(C)C(=O)CC1(C)C. The quantitative estimate of drug-likeness (QED) is 0.870. The Kier molecular flexibility index (Phi) is 4.69. The number of anilines is 1. The standard InChI is InChI=1S/C18H23NO3/c1-12-10-15(19-14-8-6-5-7-9-14)17(22-13(2)20)18(3,4)11-16(12)21/h5-10,15,17,19H,11H2,1-4H3. The van der Waals surface area contributed by atoms with Crippen LogP contribution in [0.15, 0.2) is 42.0 Å². The topological polar surface area (TPSA) is 55.4 Å². The van der Waals surface area contributed by atoms with Crippen LogP contribution in [0.4, 0.5) is 5.69 Å². The Labute approximate surface area is 131 Å². The largest absolute Gasteiger partial charge is 0.459 e. The maximum Gasteiger partial charge on any atom is 0.303 e. The Bertz CT molecular complexity index is 590. The van der Waals surface area contributed by atoms with Crippen LogP contribution in [-0.2, 0) is 14.3 Å². The number of rotatable bonds is 3. The van der Waals surface area contributed by atoms with Crippen molar-refractivity contribution in [2.24, 2.45) is 5.41 Å². The fraction of sp³-hybridized carbons (Fsp3) is 0.444. The summed E-state index contributed by atoms with van der Waals surface area (Å²) in [7, 11) is 0. The molecule has 4 heteroatoms. The lowest BCUT2D eigenvalue weighted by Gasteiger charge is -2.36. The van der Waals surface area contributed by atoms with Gasteiger partial charge in [0.25, 0.3) is 0 Å². The molecule has 22 heavy (non-hydrogen) atoms. The van der Waals surface area contributed by atoms with Gasteiger partial charge in [0, 0.05) is 24.4 Å². The zero-order chi connectivity index (χ0) is 16.3. The van der Waals surface area contributed by atoms with Crippen LogP contribution in [0, 0.1) is 5.41 Å². The highest BCUT2D eigenvalue weighted by Gasteiger charge is 2.41. The highest BCUT2D eigenvalue weighted by Crippen LogP contribution is 2.35. The van der Waals surface area contributed by atoms with Crippen molar-refractivity contribution in [1.82, 2.24) is 0 Å². The Morgan fingerprint density at radius 2 is 1.91 bits per heavy atom. The molecule has 4 nitrogen and oxygen atoms in total. The molecule has 2 atom stereocenters. The lowest BCUT2D eigenvalue weighted by Crippen LogP contribution is -2.45. The number of hydrogen-bond donors (Lipinski definition) is 1. The van der Waals surface area contributed by atoms with Crippen LogP contribution in [0.25, 0.3) is 0 Å². The lowest BCUT2D eigenvalue weighted by atomic mass is 9.79. The summed E-state index contributed by atoms with van der Waals surface area (Å²) in [4.78, 5) is 23.7. The third kappa shape index (κ3) is 3.75. The number of ketones is 1. The number of esters is 1. The summed E-state index contributed by atoms with van der Waals surface area (Å²) in [5.74, 6) is -0.238. The van der Waals surface area contributed by atoms with Crippen molar-refractivity contribution in [3.05, 3.63) is 42.0 Å². The summed E-state index contributed by atoms with van der Waals surface area (Å²) in [5, 5.41) is 3.38. The molecule has 0 aromatic heterocycles. The minimum absolute atomic E-state index is 0.0968. The number of allylic oxidation sites excluding steroid dienone is 1. The molecule has 0 saturated heterocycles. The van der Waals surface area contributed by atoms with Gasteiger partial charge in [-0.2, -0.15) is 0 Å². The van der Waals surface area contributed by atoms with E-state index < -0.39 is 11.5 Å². The van der Waals surface area contributed by atoms with Crippen molar-refractivity contribution >= 4 is 17.4 Å². The molecule has 1 aliphatic carbocycles. The average molecular weight is 301 g/mol. The molecule has 0 saturated carbocycles. The van der Waals surface area contributed by atoms with Crippen LogP contribution in [0.2, 0.25) is 0 Å². The van der Waals surface area contributed by atoms with Gasteiger partial charge in [-0.05, 0) is 24.6 Å². The molecule has 1 N–H and O–H groups in total. The molecule has 0 aliphatic heterocycles. The van der Waals surface area contributed by atoms with Gasteiger partial charge < -0.3 is 10.1 Å². The third-order valence-corrected chi connectivity index (χ3v) is 3.98. The maximum absolute atomic E-state index is 12.2. The second-order valence-corrected chi connectivity index (χ2v) is 6.50. The van der Waals surface area contributed by atoms with Gasteiger partial charge >= 0.3 is 5.97 Å². The Hall–Kier alpha value is -2.10. The van der Waals surface area contributed by atoms with Crippen LogP contribution >= 0.6 is 0 Å². The maximum atomic E-state index is 12.2. The molecule has 0 bridgehead atoms. The number of benzene rings is 1. The summed E-state index contributed by atoms with van der Waals surface area (Å²) < 4.78 is 5.57. The van der Waals surface area contributed by atoms with E-state index >= 15 is 0 Å². The summed E-state index contributed by atoms with van der Waals surface area (Å²) in [6.07, 6.45) is 1.82. The van der Waals surface area contributed by atoms with Crippen LogP contribution in [0.1, 0.15) is 34.1 Å². The fourth-order valence-electron chi connectivity index (χ4n) is 2.85. The van der Waals surface area contributed by atoms with E-state index in [-0.39, 0.29) is 17.8 Å². The average Bonchev–Trinajstić information content (AvgIpc) is 2.50. The van der Waals surface area contributed by atoms with Gasteiger partial charge in [0.1, 0.15) is 6.10 Å². The second-order valence-electron chi connectivity index (χ2n) is 6.50. The number of para-hydroxylation sites is 1. The summed E-state index contributed by atoms with van der Waals surface area (Å²) in [5.41, 5.74) is 1.19. The molecule has 0 fully saturated rings. The molecular formula is C18H23NO3. The van der Waals surface area contributed by atoms with Crippen LogP contribution < -0.4 is 5.32 Å². The van der Waals surface area contributed by atoms with Crippen molar-refractivity contribution < 1.29 is 14.3 Å². The highest BCUT2D eigenvalue weighted by atomic mass is 16.5. The first-order valence-electron chi connectivity index (χ1n) is 7.50. The van der Waals surface area contributed by atoms with E-state index in [1.165, 1.54) is 6.92 Å². The predicted octanol–water partition coefficient (Wildman–Crippen LogP) is 3.34. The number of hydrogen-bond acceptors (Lipinski definition) is 4. The monoisotopic (exact) mass is 301 g/mol. The zero-order valence-corrected chi connectivity index (χ0v) is 13.6. The Morgan fingerprint density at radius 1 is 1.27 bits per heavy atom.